The van der Waals surface area contributed by atoms with Crippen LogP contribution in [0.15, 0.2) is 20.7 Å². The molecule has 0 saturated carbocycles. The lowest BCUT2D eigenvalue weighted by Gasteiger charge is -2.25. The molecule has 0 unspecified atom stereocenters. The second-order valence-corrected chi connectivity index (χ2v) is 5.09. The Morgan fingerprint density at radius 3 is 1.50 bits per heavy atom. The summed E-state index contributed by atoms with van der Waals surface area (Å²) in [5.41, 5.74) is 4.21. The van der Waals surface area contributed by atoms with E-state index in [0.717, 1.165) is 36.8 Å². The molecule has 84 valence electrons. The van der Waals surface area contributed by atoms with Crippen LogP contribution in [0.1, 0.15) is 49.7 Å². The Hall–Kier alpha value is -1.18. The Labute approximate surface area is 94.7 Å². The highest BCUT2D eigenvalue weighted by atomic mass is 16.2. The van der Waals surface area contributed by atoms with Crippen molar-refractivity contribution in [1.29, 1.82) is 0 Å². The van der Waals surface area contributed by atoms with E-state index in [1.807, 2.05) is 0 Å². The van der Waals surface area contributed by atoms with Gasteiger partial charge in [0.25, 0.3) is 0 Å². The lowest BCUT2D eigenvalue weighted by molar-refractivity contribution is 0.591. The maximum Gasteiger partial charge on any atom is 0.229 e. The fraction of sp³-hybridized carbons (Fsp3) is 0.571. The van der Waals surface area contributed by atoms with Crippen LogP contribution in [-0.2, 0) is 12.8 Å². The average Bonchev–Trinajstić information content (AvgIpc) is 2.28. The van der Waals surface area contributed by atoms with Crippen molar-refractivity contribution < 1.29 is 0 Å². The highest BCUT2D eigenvalue weighted by Crippen LogP contribution is 2.31. The molecule has 2 aliphatic rings. The van der Waals surface area contributed by atoms with Gasteiger partial charge in [-0.05, 0) is 38.5 Å². The topological polar surface area (TPSA) is 34.1 Å². The van der Waals surface area contributed by atoms with Crippen molar-refractivity contribution in [3.05, 3.63) is 42.7 Å². The third kappa shape index (κ3) is 1.40. The molecule has 2 nitrogen and oxygen atoms in total. The van der Waals surface area contributed by atoms with Crippen LogP contribution in [0.3, 0.4) is 0 Å². The quantitative estimate of drug-likeness (QED) is 0.491. The zero-order valence-electron chi connectivity index (χ0n) is 9.47. The molecular formula is C14H16O2. The molecule has 0 aliphatic heterocycles. The fourth-order valence-corrected chi connectivity index (χ4v) is 3.10. The van der Waals surface area contributed by atoms with Gasteiger partial charge in [0.05, 0.1) is 0 Å². The molecule has 0 fully saturated rings. The maximum absolute atomic E-state index is 11.4. The van der Waals surface area contributed by atoms with Crippen molar-refractivity contribution in [1.82, 2.24) is 0 Å². The van der Waals surface area contributed by atoms with Crippen LogP contribution in [0.2, 0.25) is 0 Å². The molecule has 2 aliphatic carbocycles. The van der Waals surface area contributed by atoms with E-state index in [0.29, 0.717) is 0 Å². The van der Waals surface area contributed by atoms with E-state index < -0.39 is 0 Å². The first kappa shape index (κ1) is 10.0. The first-order valence-electron chi connectivity index (χ1n) is 6.28. The molecule has 0 aromatic heterocycles. The number of fused-ring (bicyclic) bond motifs is 1. The highest BCUT2D eigenvalue weighted by Gasteiger charge is 2.27. The number of allylic oxidation sites excluding steroid dienone is 2. The molecule has 0 N–H and O–H groups in total. The van der Waals surface area contributed by atoms with E-state index in [9.17, 15) is 9.59 Å². The van der Waals surface area contributed by atoms with Crippen molar-refractivity contribution in [2.24, 2.45) is 0 Å². The van der Waals surface area contributed by atoms with Crippen LogP contribution >= 0.6 is 0 Å². The summed E-state index contributed by atoms with van der Waals surface area (Å²) in [7, 11) is 0. The number of hydrogen-bond donors (Lipinski definition) is 0. The van der Waals surface area contributed by atoms with Gasteiger partial charge in [-0.15, -0.1) is 0 Å². The van der Waals surface area contributed by atoms with E-state index >= 15 is 0 Å². The second kappa shape index (κ2) is 3.69. The van der Waals surface area contributed by atoms with Crippen molar-refractivity contribution in [3.63, 3.8) is 0 Å². The van der Waals surface area contributed by atoms with Crippen LogP contribution < -0.4 is 10.9 Å². The fourth-order valence-electron chi connectivity index (χ4n) is 3.10. The molecule has 0 atom stereocenters. The molecule has 0 amide bonds. The minimum absolute atomic E-state index is 0.205. The zero-order valence-corrected chi connectivity index (χ0v) is 9.47. The number of rotatable bonds is 0. The summed E-state index contributed by atoms with van der Waals surface area (Å²) in [6.07, 6.45) is 9.00. The third-order valence-corrected chi connectivity index (χ3v) is 4.11. The van der Waals surface area contributed by atoms with E-state index in [-0.39, 0.29) is 10.9 Å². The van der Waals surface area contributed by atoms with E-state index in [1.165, 1.54) is 36.8 Å². The van der Waals surface area contributed by atoms with Gasteiger partial charge in [0.2, 0.25) is 10.9 Å². The van der Waals surface area contributed by atoms with Gasteiger partial charge in [-0.2, -0.15) is 0 Å². The van der Waals surface area contributed by atoms with Crippen molar-refractivity contribution in [2.45, 2.75) is 51.4 Å². The van der Waals surface area contributed by atoms with Gasteiger partial charge < -0.3 is 0 Å². The largest absolute Gasteiger partial charge is 0.285 e. The van der Waals surface area contributed by atoms with Crippen molar-refractivity contribution in [3.8, 4) is 0 Å². The average molecular weight is 216 g/mol. The standard InChI is InChI=1S/C14H16O2/c15-13-11-7-9-5-3-1-2-4-6-10(9)8-12(11)14(13)16/h1-8H2. The van der Waals surface area contributed by atoms with Gasteiger partial charge in [0, 0.05) is 11.1 Å². The van der Waals surface area contributed by atoms with E-state index in [4.69, 9.17) is 0 Å². The summed E-state index contributed by atoms with van der Waals surface area (Å²) in [6, 6.07) is 0. The number of hydrogen-bond acceptors (Lipinski definition) is 2. The SMILES string of the molecule is O=c1c2c(c1=O)CC1=C(CCCCCC1)C2. The third-order valence-electron chi connectivity index (χ3n) is 4.11. The molecule has 3 rings (SSSR count). The summed E-state index contributed by atoms with van der Waals surface area (Å²) in [6.45, 7) is 0. The Morgan fingerprint density at radius 2 is 1.06 bits per heavy atom. The van der Waals surface area contributed by atoms with Gasteiger partial charge in [0.1, 0.15) is 0 Å². The summed E-state index contributed by atoms with van der Waals surface area (Å²) >= 11 is 0. The Bertz CT molecular complexity index is 479. The lowest BCUT2D eigenvalue weighted by Crippen LogP contribution is -2.42. The second-order valence-electron chi connectivity index (χ2n) is 5.09. The zero-order chi connectivity index (χ0) is 11.1. The van der Waals surface area contributed by atoms with E-state index in [1.54, 1.807) is 0 Å². The summed E-state index contributed by atoms with van der Waals surface area (Å²) in [4.78, 5) is 22.8. The monoisotopic (exact) mass is 216 g/mol. The van der Waals surface area contributed by atoms with Crippen LogP contribution in [0, 0.1) is 0 Å². The summed E-state index contributed by atoms with van der Waals surface area (Å²) < 4.78 is 0. The Kier molecular flexibility index (Phi) is 2.31. The normalized spacial score (nSPS) is 21.2. The van der Waals surface area contributed by atoms with Gasteiger partial charge in [-0.1, -0.05) is 24.0 Å². The molecule has 0 heterocycles. The highest BCUT2D eigenvalue weighted by molar-refractivity contribution is 5.44. The predicted molar refractivity (Wildman–Crippen MR) is 63.5 cm³/mol. The summed E-state index contributed by atoms with van der Waals surface area (Å²) in [5, 5.41) is 0. The molecule has 2 heteroatoms. The van der Waals surface area contributed by atoms with Crippen LogP contribution in [0.5, 0.6) is 0 Å². The van der Waals surface area contributed by atoms with Gasteiger partial charge >= 0.3 is 0 Å². The molecule has 0 saturated heterocycles. The minimum Gasteiger partial charge on any atom is -0.285 e. The molecule has 0 spiro atoms. The maximum atomic E-state index is 11.4. The van der Waals surface area contributed by atoms with Crippen LogP contribution in [0.4, 0.5) is 0 Å². The van der Waals surface area contributed by atoms with Gasteiger partial charge in [-0.3, -0.25) is 9.59 Å². The molecule has 0 radical (unpaired) electrons. The molecule has 0 bridgehead atoms. The van der Waals surface area contributed by atoms with Crippen molar-refractivity contribution >= 4 is 0 Å². The first-order chi connectivity index (χ1) is 7.77. The molecule has 16 heavy (non-hydrogen) atoms. The lowest BCUT2D eigenvalue weighted by atomic mass is 9.78. The van der Waals surface area contributed by atoms with Gasteiger partial charge in [0.15, 0.2) is 0 Å². The molecular weight excluding hydrogens is 200 g/mol. The smallest absolute Gasteiger partial charge is 0.229 e. The molecule has 1 aromatic rings. The Balaban J connectivity index is 1.94. The Morgan fingerprint density at radius 1 is 0.625 bits per heavy atom. The van der Waals surface area contributed by atoms with Crippen LogP contribution in [0.25, 0.3) is 0 Å². The van der Waals surface area contributed by atoms with Gasteiger partial charge in [-0.25, -0.2) is 0 Å². The minimum atomic E-state index is -0.205. The molecule has 1 aromatic carbocycles. The van der Waals surface area contributed by atoms with Crippen LogP contribution in [-0.4, -0.2) is 0 Å². The first-order valence-corrected chi connectivity index (χ1v) is 6.28. The predicted octanol–water partition coefficient (Wildman–Crippen LogP) is 2.03. The summed E-state index contributed by atoms with van der Waals surface area (Å²) in [5.74, 6) is 0. The van der Waals surface area contributed by atoms with E-state index in [2.05, 4.69) is 0 Å². The van der Waals surface area contributed by atoms with Crippen molar-refractivity contribution in [2.75, 3.05) is 0 Å².